The van der Waals surface area contributed by atoms with Gasteiger partial charge in [0.1, 0.15) is 0 Å². The third-order valence-electron chi connectivity index (χ3n) is 3.81. The molecular weight excluding hydrogens is 308 g/mol. The van der Waals surface area contributed by atoms with Crippen LogP contribution in [0.3, 0.4) is 0 Å². The fraction of sp³-hybridized carbons (Fsp3) is 0.846. The molecule has 0 bridgehead atoms. The maximum Gasteiger partial charge on any atom is 0.220 e. The number of carbonyl (C=O) groups is 2. The number of hydrogen-bond donors (Lipinski definition) is 2. The summed E-state index contributed by atoms with van der Waals surface area (Å²) < 4.78 is 0. The standard InChI is InChI=1S/C13H24N4O2S2/c1-15-13(19)7-11-8-16(2-5-21-11)17-3-4-20-9-10(17)6-12(14)18/h10-11H,2-9H2,1H3,(H2,14,18)(H,15,19). The van der Waals surface area contributed by atoms with E-state index in [9.17, 15) is 9.59 Å². The smallest absolute Gasteiger partial charge is 0.220 e. The van der Waals surface area contributed by atoms with Crippen LogP contribution < -0.4 is 11.1 Å². The lowest BCUT2D eigenvalue weighted by Crippen LogP contribution is -2.57. The Labute approximate surface area is 134 Å². The molecule has 3 N–H and O–H groups in total. The fourth-order valence-electron chi connectivity index (χ4n) is 2.78. The van der Waals surface area contributed by atoms with Crippen molar-refractivity contribution < 1.29 is 9.59 Å². The highest BCUT2D eigenvalue weighted by Gasteiger charge is 2.32. The molecule has 2 unspecified atom stereocenters. The number of thioether (sulfide) groups is 2. The predicted octanol–water partition coefficient (Wildman–Crippen LogP) is -0.252. The molecule has 0 saturated carbocycles. The van der Waals surface area contributed by atoms with E-state index in [1.54, 1.807) is 7.05 Å². The third kappa shape index (κ3) is 5.05. The summed E-state index contributed by atoms with van der Waals surface area (Å²) in [5, 5.41) is 7.66. The van der Waals surface area contributed by atoms with Crippen LogP contribution in [0.25, 0.3) is 0 Å². The highest BCUT2D eigenvalue weighted by atomic mass is 32.2. The van der Waals surface area contributed by atoms with Crippen LogP contribution in [0.15, 0.2) is 0 Å². The maximum atomic E-state index is 11.6. The fourth-order valence-corrected chi connectivity index (χ4v) is 5.03. The zero-order chi connectivity index (χ0) is 15.2. The molecule has 2 atom stereocenters. The Bertz CT molecular complexity index is 383. The Kier molecular flexibility index (Phi) is 6.66. The minimum atomic E-state index is -0.235. The molecule has 2 rings (SSSR count). The van der Waals surface area contributed by atoms with Crippen molar-refractivity contribution in [1.82, 2.24) is 15.3 Å². The Balaban J connectivity index is 1.94. The summed E-state index contributed by atoms with van der Waals surface area (Å²) in [5.41, 5.74) is 5.38. The number of hydrogen-bond acceptors (Lipinski definition) is 6. The van der Waals surface area contributed by atoms with Gasteiger partial charge in [-0.15, -0.1) is 0 Å². The van der Waals surface area contributed by atoms with Crippen molar-refractivity contribution in [2.45, 2.75) is 24.1 Å². The molecule has 0 aromatic heterocycles. The molecule has 0 radical (unpaired) electrons. The summed E-state index contributed by atoms with van der Waals surface area (Å²) >= 11 is 3.75. The second-order valence-corrected chi connectivity index (χ2v) is 7.90. The molecule has 2 aliphatic rings. The van der Waals surface area contributed by atoms with Crippen molar-refractivity contribution in [2.75, 3.05) is 43.9 Å². The number of nitrogens with one attached hydrogen (secondary N) is 1. The van der Waals surface area contributed by atoms with E-state index in [4.69, 9.17) is 5.73 Å². The molecule has 0 aromatic carbocycles. The number of carbonyl (C=O) groups excluding carboxylic acids is 2. The minimum absolute atomic E-state index is 0.0947. The summed E-state index contributed by atoms with van der Waals surface area (Å²) in [5.74, 6) is 2.92. The normalized spacial score (nSPS) is 28.2. The summed E-state index contributed by atoms with van der Waals surface area (Å²) in [6.45, 7) is 2.81. The van der Waals surface area contributed by atoms with Gasteiger partial charge >= 0.3 is 0 Å². The Hall–Kier alpha value is -0.440. The molecule has 2 fully saturated rings. The van der Waals surface area contributed by atoms with E-state index in [0.29, 0.717) is 18.1 Å². The van der Waals surface area contributed by atoms with Crippen LogP contribution in [-0.4, -0.2) is 77.1 Å². The third-order valence-corrected chi connectivity index (χ3v) is 6.10. The topological polar surface area (TPSA) is 78.7 Å². The van der Waals surface area contributed by atoms with E-state index in [1.165, 1.54) is 0 Å². The zero-order valence-electron chi connectivity index (χ0n) is 12.4. The number of hydrazine groups is 1. The summed E-state index contributed by atoms with van der Waals surface area (Å²) in [4.78, 5) is 22.8. The number of nitrogens with zero attached hydrogens (tertiary/aromatic N) is 2. The first-order chi connectivity index (χ1) is 10.1. The van der Waals surface area contributed by atoms with Gasteiger partial charge < -0.3 is 11.1 Å². The molecule has 2 saturated heterocycles. The SMILES string of the molecule is CNC(=O)CC1CN(N2CCSCC2CC(N)=O)CCS1. The highest BCUT2D eigenvalue weighted by Crippen LogP contribution is 2.27. The lowest BCUT2D eigenvalue weighted by Gasteiger charge is -2.45. The summed E-state index contributed by atoms with van der Waals surface area (Å²) in [7, 11) is 1.68. The lowest BCUT2D eigenvalue weighted by atomic mass is 10.2. The first-order valence-corrected chi connectivity index (χ1v) is 9.50. The van der Waals surface area contributed by atoms with Crippen LogP contribution in [-0.2, 0) is 9.59 Å². The summed E-state index contributed by atoms with van der Waals surface area (Å²) in [6.07, 6.45) is 0.970. The van der Waals surface area contributed by atoms with Crippen LogP contribution in [0.1, 0.15) is 12.8 Å². The van der Waals surface area contributed by atoms with Crippen molar-refractivity contribution in [2.24, 2.45) is 5.73 Å². The molecule has 2 aliphatic heterocycles. The van der Waals surface area contributed by atoms with Gasteiger partial charge in [0.15, 0.2) is 0 Å². The lowest BCUT2D eigenvalue weighted by molar-refractivity contribution is -0.122. The largest absolute Gasteiger partial charge is 0.370 e. The first kappa shape index (κ1) is 16.9. The molecule has 6 nitrogen and oxygen atoms in total. The monoisotopic (exact) mass is 332 g/mol. The van der Waals surface area contributed by atoms with Gasteiger partial charge in [-0.3, -0.25) is 9.59 Å². The molecular formula is C13H24N4O2S2. The second kappa shape index (κ2) is 8.26. The summed E-state index contributed by atoms with van der Waals surface area (Å²) in [6, 6.07) is 0.199. The van der Waals surface area contributed by atoms with Crippen molar-refractivity contribution in [3.63, 3.8) is 0 Å². The van der Waals surface area contributed by atoms with E-state index in [-0.39, 0.29) is 17.9 Å². The van der Waals surface area contributed by atoms with E-state index < -0.39 is 0 Å². The van der Waals surface area contributed by atoms with Gasteiger partial charge in [-0.25, -0.2) is 10.0 Å². The van der Waals surface area contributed by atoms with Gasteiger partial charge in [-0.2, -0.15) is 23.5 Å². The first-order valence-electron chi connectivity index (χ1n) is 7.30. The quantitative estimate of drug-likeness (QED) is 0.723. The molecule has 0 aliphatic carbocycles. The minimum Gasteiger partial charge on any atom is -0.370 e. The van der Waals surface area contributed by atoms with Gasteiger partial charge in [0.25, 0.3) is 0 Å². The number of amides is 2. The van der Waals surface area contributed by atoms with Gasteiger partial charge in [-0.05, 0) is 0 Å². The van der Waals surface area contributed by atoms with Gasteiger partial charge in [0.2, 0.25) is 11.8 Å². The van der Waals surface area contributed by atoms with Crippen molar-refractivity contribution in [1.29, 1.82) is 0 Å². The van der Waals surface area contributed by atoms with Crippen molar-refractivity contribution in [3.05, 3.63) is 0 Å². The Morgan fingerprint density at radius 3 is 2.81 bits per heavy atom. The van der Waals surface area contributed by atoms with Crippen LogP contribution in [0.5, 0.6) is 0 Å². The number of nitrogens with two attached hydrogens (primary N) is 1. The predicted molar refractivity (Wildman–Crippen MR) is 88.1 cm³/mol. The van der Waals surface area contributed by atoms with E-state index in [2.05, 4.69) is 15.3 Å². The van der Waals surface area contributed by atoms with E-state index >= 15 is 0 Å². The molecule has 2 heterocycles. The number of rotatable bonds is 5. The van der Waals surface area contributed by atoms with Crippen LogP contribution >= 0.6 is 23.5 Å². The van der Waals surface area contributed by atoms with Gasteiger partial charge in [0, 0.05) is 68.1 Å². The van der Waals surface area contributed by atoms with E-state index in [0.717, 1.165) is 36.9 Å². The second-order valence-electron chi connectivity index (χ2n) is 5.34. The average molecular weight is 332 g/mol. The van der Waals surface area contributed by atoms with Crippen molar-refractivity contribution >= 4 is 35.3 Å². The van der Waals surface area contributed by atoms with Gasteiger partial charge in [0.05, 0.1) is 0 Å². The van der Waals surface area contributed by atoms with Gasteiger partial charge in [-0.1, -0.05) is 0 Å². The Morgan fingerprint density at radius 1 is 1.29 bits per heavy atom. The number of primary amides is 1. The average Bonchev–Trinajstić information content (AvgIpc) is 2.47. The molecule has 21 heavy (non-hydrogen) atoms. The van der Waals surface area contributed by atoms with Crippen LogP contribution in [0, 0.1) is 0 Å². The van der Waals surface area contributed by atoms with Crippen LogP contribution in [0.4, 0.5) is 0 Å². The molecule has 0 aromatic rings. The molecule has 0 spiro atoms. The highest BCUT2D eigenvalue weighted by molar-refractivity contribution is 8.00. The zero-order valence-corrected chi connectivity index (χ0v) is 14.0. The molecule has 8 heteroatoms. The maximum absolute atomic E-state index is 11.6. The van der Waals surface area contributed by atoms with E-state index in [1.807, 2.05) is 23.5 Å². The molecule has 2 amide bonds. The van der Waals surface area contributed by atoms with Crippen LogP contribution in [0.2, 0.25) is 0 Å². The molecule has 120 valence electrons. The van der Waals surface area contributed by atoms with Crippen molar-refractivity contribution in [3.8, 4) is 0 Å². The Morgan fingerprint density at radius 2 is 2.10 bits per heavy atom.